The molecule has 0 spiro atoms. The fourth-order valence-corrected chi connectivity index (χ4v) is 3.85. The fraction of sp³-hybridized carbons (Fsp3) is 0.286. The molecule has 31 heavy (non-hydrogen) atoms. The Morgan fingerprint density at radius 2 is 1.77 bits per heavy atom. The van der Waals surface area contributed by atoms with E-state index in [1.807, 2.05) is 24.3 Å². The van der Waals surface area contributed by atoms with Crippen LogP contribution in [0, 0.1) is 0 Å². The van der Waals surface area contributed by atoms with Gasteiger partial charge in [-0.3, -0.25) is 4.79 Å². The lowest BCUT2D eigenvalue weighted by molar-refractivity contribution is -0.137. The second-order valence-electron chi connectivity index (χ2n) is 7.17. The van der Waals surface area contributed by atoms with E-state index in [1.54, 1.807) is 4.90 Å². The van der Waals surface area contributed by atoms with Gasteiger partial charge in [-0.05, 0) is 42.8 Å². The number of benzene rings is 2. The van der Waals surface area contributed by atoms with Crippen molar-refractivity contribution in [3.8, 4) is 5.75 Å². The van der Waals surface area contributed by atoms with E-state index in [0.717, 1.165) is 45.7 Å². The molecule has 0 saturated carbocycles. The molecular formula is C21H17BrF3N3O3. The van der Waals surface area contributed by atoms with Crippen molar-refractivity contribution in [2.24, 2.45) is 5.10 Å². The Morgan fingerprint density at radius 3 is 2.35 bits per heavy atom. The van der Waals surface area contributed by atoms with Crippen LogP contribution in [-0.2, 0) is 11.0 Å². The summed E-state index contributed by atoms with van der Waals surface area (Å²) in [5.41, 5.74) is 0.487. The van der Waals surface area contributed by atoms with Crippen LogP contribution in [0.25, 0.3) is 0 Å². The van der Waals surface area contributed by atoms with Gasteiger partial charge in [0.1, 0.15) is 5.75 Å². The number of carbonyl (C=O) groups excluding carboxylic acids is 2. The predicted octanol–water partition coefficient (Wildman–Crippen LogP) is 4.68. The third kappa shape index (κ3) is 4.58. The Labute approximate surface area is 184 Å². The van der Waals surface area contributed by atoms with Gasteiger partial charge in [0, 0.05) is 23.0 Å². The molecule has 1 atom stereocenters. The molecule has 0 N–H and O–H groups in total. The summed E-state index contributed by atoms with van der Waals surface area (Å²) in [7, 11) is 0. The van der Waals surface area contributed by atoms with Crippen LogP contribution in [0.15, 0.2) is 58.1 Å². The van der Waals surface area contributed by atoms with Crippen LogP contribution in [0.1, 0.15) is 24.0 Å². The Balaban J connectivity index is 1.55. The van der Waals surface area contributed by atoms with E-state index in [2.05, 4.69) is 21.0 Å². The summed E-state index contributed by atoms with van der Waals surface area (Å²) >= 11 is 3.38. The normalized spacial score (nSPS) is 19.0. The number of hydrazone groups is 1. The average Bonchev–Trinajstić information content (AvgIpc) is 3.34. The zero-order chi connectivity index (χ0) is 22.2. The van der Waals surface area contributed by atoms with Gasteiger partial charge in [0.15, 0.2) is 0 Å². The second-order valence-corrected chi connectivity index (χ2v) is 8.09. The number of rotatable bonds is 3. The molecular weight excluding hydrogens is 479 g/mol. The molecule has 4 rings (SSSR count). The number of halogens is 4. The summed E-state index contributed by atoms with van der Waals surface area (Å²) in [5, 5.41) is 5.49. The summed E-state index contributed by atoms with van der Waals surface area (Å²) in [4.78, 5) is 26.6. The minimum atomic E-state index is -4.48. The highest BCUT2D eigenvalue weighted by molar-refractivity contribution is 9.10. The maximum atomic E-state index is 12.7. The second kappa shape index (κ2) is 8.33. The Morgan fingerprint density at radius 1 is 1.10 bits per heavy atom. The fourth-order valence-electron chi connectivity index (χ4n) is 3.58. The first kappa shape index (κ1) is 21.4. The van der Waals surface area contributed by atoms with Crippen molar-refractivity contribution in [2.75, 3.05) is 13.1 Å². The highest BCUT2D eigenvalue weighted by Gasteiger charge is 2.39. The molecule has 1 saturated heterocycles. The minimum Gasteiger partial charge on any atom is -0.409 e. The van der Waals surface area contributed by atoms with Crippen molar-refractivity contribution < 1.29 is 27.5 Å². The van der Waals surface area contributed by atoms with E-state index >= 15 is 0 Å². The van der Waals surface area contributed by atoms with Crippen LogP contribution >= 0.6 is 15.9 Å². The lowest BCUT2D eigenvalue weighted by Crippen LogP contribution is -2.44. The van der Waals surface area contributed by atoms with Gasteiger partial charge in [-0.2, -0.15) is 23.3 Å². The van der Waals surface area contributed by atoms with Crippen LogP contribution in [0.5, 0.6) is 5.75 Å². The molecule has 2 aliphatic heterocycles. The number of nitrogens with zero attached hydrogens (tertiary/aromatic N) is 3. The van der Waals surface area contributed by atoms with Crippen LogP contribution in [0.2, 0.25) is 0 Å². The predicted molar refractivity (Wildman–Crippen MR) is 110 cm³/mol. The van der Waals surface area contributed by atoms with Crippen molar-refractivity contribution in [2.45, 2.75) is 25.1 Å². The molecule has 0 radical (unpaired) electrons. The summed E-state index contributed by atoms with van der Waals surface area (Å²) in [5.74, 6) is -0.0353. The van der Waals surface area contributed by atoms with Gasteiger partial charge in [0.05, 0.1) is 23.9 Å². The van der Waals surface area contributed by atoms with Crippen molar-refractivity contribution in [1.29, 1.82) is 0 Å². The summed E-state index contributed by atoms with van der Waals surface area (Å²) in [6.45, 7) is 0.678. The van der Waals surface area contributed by atoms with Gasteiger partial charge < -0.3 is 9.64 Å². The lowest BCUT2D eigenvalue weighted by atomic mass is 10.0. The smallest absolute Gasteiger partial charge is 0.409 e. The Bertz CT molecular complexity index is 1020. The van der Waals surface area contributed by atoms with Crippen molar-refractivity contribution >= 4 is 33.6 Å². The standard InChI is InChI=1S/C21H17BrF3N3O3/c22-15-7-3-13(4-8-15)19-17(27-11-1-2-18(27)29)12-28(26-19)20(30)31-16-9-5-14(6-10-16)21(23,24)25/h3-10,17H,1-2,11-12H2. The molecule has 1 fully saturated rings. The molecule has 162 valence electrons. The number of ether oxygens (including phenoxy) is 1. The first-order valence-electron chi connectivity index (χ1n) is 9.53. The van der Waals surface area contributed by atoms with Crippen LogP contribution in [0.3, 0.4) is 0 Å². The number of likely N-dealkylation sites (tertiary alicyclic amines) is 1. The molecule has 2 aromatic rings. The summed E-state index contributed by atoms with van der Waals surface area (Å²) < 4.78 is 44.2. The molecule has 0 aliphatic carbocycles. The lowest BCUT2D eigenvalue weighted by Gasteiger charge is -2.25. The third-order valence-electron chi connectivity index (χ3n) is 5.11. The van der Waals surface area contributed by atoms with Crippen molar-refractivity contribution in [3.05, 3.63) is 64.1 Å². The van der Waals surface area contributed by atoms with E-state index < -0.39 is 23.9 Å². The third-order valence-corrected chi connectivity index (χ3v) is 5.64. The SMILES string of the molecule is O=C(Oc1ccc(C(F)(F)F)cc1)N1CC(N2CCCC2=O)C(c2ccc(Br)cc2)=N1. The minimum absolute atomic E-state index is 0.00670. The molecule has 1 unspecified atom stereocenters. The number of alkyl halides is 3. The Kier molecular flexibility index (Phi) is 5.74. The highest BCUT2D eigenvalue weighted by atomic mass is 79.9. The van der Waals surface area contributed by atoms with Crippen LogP contribution in [-0.4, -0.2) is 46.8 Å². The van der Waals surface area contributed by atoms with Crippen molar-refractivity contribution in [3.63, 3.8) is 0 Å². The van der Waals surface area contributed by atoms with Gasteiger partial charge in [0.2, 0.25) is 5.91 Å². The van der Waals surface area contributed by atoms with E-state index in [-0.39, 0.29) is 18.2 Å². The molecule has 6 nitrogen and oxygen atoms in total. The maximum Gasteiger partial charge on any atom is 0.435 e. The van der Waals surface area contributed by atoms with E-state index in [4.69, 9.17) is 4.74 Å². The van der Waals surface area contributed by atoms with Gasteiger partial charge in [0.25, 0.3) is 0 Å². The highest BCUT2D eigenvalue weighted by Crippen LogP contribution is 2.31. The molecule has 2 heterocycles. The van der Waals surface area contributed by atoms with Gasteiger partial charge in [-0.1, -0.05) is 28.1 Å². The first-order chi connectivity index (χ1) is 14.7. The zero-order valence-electron chi connectivity index (χ0n) is 16.1. The van der Waals surface area contributed by atoms with Gasteiger partial charge >= 0.3 is 12.3 Å². The van der Waals surface area contributed by atoms with E-state index in [9.17, 15) is 22.8 Å². The molecule has 2 amide bonds. The topological polar surface area (TPSA) is 62.2 Å². The molecule has 2 aliphatic rings. The molecule has 2 aromatic carbocycles. The molecule has 0 aromatic heterocycles. The maximum absolute atomic E-state index is 12.7. The monoisotopic (exact) mass is 495 g/mol. The van der Waals surface area contributed by atoms with Crippen molar-refractivity contribution in [1.82, 2.24) is 9.91 Å². The molecule has 0 bridgehead atoms. The average molecular weight is 496 g/mol. The van der Waals surface area contributed by atoms with E-state index in [0.29, 0.717) is 18.7 Å². The first-order valence-corrected chi connectivity index (χ1v) is 10.3. The molecule has 10 heteroatoms. The van der Waals surface area contributed by atoms with Crippen LogP contribution < -0.4 is 4.74 Å². The van der Waals surface area contributed by atoms with Gasteiger partial charge in [-0.25, -0.2) is 4.79 Å². The number of amides is 2. The number of carbonyl (C=O) groups is 2. The largest absolute Gasteiger partial charge is 0.435 e. The quantitative estimate of drug-likeness (QED) is 0.621. The number of hydrogen-bond acceptors (Lipinski definition) is 4. The van der Waals surface area contributed by atoms with Gasteiger partial charge in [-0.15, -0.1) is 0 Å². The Hall–Kier alpha value is -2.88. The zero-order valence-corrected chi connectivity index (χ0v) is 17.7. The summed E-state index contributed by atoms with van der Waals surface area (Å²) in [6.07, 6.45) is -4.13. The number of hydrogen-bond donors (Lipinski definition) is 0. The van der Waals surface area contributed by atoms with E-state index in [1.165, 1.54) is 0 Å². The van der Waals surface area contributed by atoms with Crippen LogP contribution in [0.4, 0.5) is 18.0 Å². The summed E-state index contributed by atoms with van der Waals surface area (Å²) in [6, 6.07) is 10.8.